The zero-order valence-electron chi connectivity index (χ0n) is 9.33. The second-order valence-corrected chi connectivity index (χ2v) is 6.77. The first-order valence-electron chi connectivity index (χ1n) is 5.45. The van der Waals surface area contributed by atoms with Crippen molar-refractivity contribution in [1.82, 2.24) is 0 Å². The van der Waals surface area contributed by atoms with Gasteiger partial charge in [-0.1, -0.05) is 6.42 Å². The van der Waals surface area contributed by atoms with E-state index in [-0.39, 0.29) is 5.75 Å². The van der Waals surface area contributed by atoms with Crippen LogP contribution < -0.4 is 4.74 Å². The van der Waals surface area contributed by atoms with Crippen LogP contribution >= 0.6 is 10.7 Å². The summed E-state index contributed by atoms with van der Waals surface area (Å²) < 4.78 is 54.1. The summed E-state index contributed by atoms with van der Waals surface area (Å²) in [5.41, 5.74) is 0. The molecule has 2 rings (SSSR count). The third-order valence-corrected chi connectivity index (χ3v) is 4.31. The molecule has 1 fully saturated rings. The van der Waals surface area contributed by atoms with Crippen LogP contribution in [-0.2, 0) is 9.05 Å². The molecule has 0 atom stereocenters. The Hall–Kier alpha value is -0.880. The standard InChI is InChI=1S/C11H11ClF2O3S/c12-18(15,16)9-5-4-8(10(13)11(9)14)17-6-7-2-1-3-7/h4-5,7H,1-3,6H2. The lowest BCUT2D eigenvalue weighted by atomic mass is 9.86. The van der Waals surface area contributed by atoms with E-state index in [1.807, 2.05) is 0 Å². The minimum atomic E-state index is -4.30. The fraction of sp³-hybridized carbons (Fsp3) is 0.455. The molecule has 1 aromatic rings. The Bertz CT molecular complexity index is 556. The molecule has 7 heteroatoms. The summed E-state index contributed by atoms with van der Waals surface area (Å²) in [6, 6.07) is 1.98. The summed E-state index contributed by atoms with van der Waals surface area (Å²) in [5, 5.41) is 0. The van der Waals surface area contributed by atoms with E-state index < -0.39 is 25.6 Å². The van der Waals surface area contributed by atoms with E-state index in [4.69, 9.17) is 15.4 Å². The molecule has 0 aliphatic heterocycles. The summed E-state index contributed by atoms with van der Waals surface area (Å²) >= 11 is 0. The second kappa shape index (κ2) is 5.01. The van der Waals surface area contributed by atoms with Gasteiger partial charge in [0.1, 0.15) is 4.90 Å². The van der Waals surface area contributed by atoms with Gasteiger partial charge in [0.05, 0.1) is 6.61 Å². The van der Waals surface area contributed by atoms with Crippen molar-refractivity contribution >= 4 is 19.7 Å². The van der Waals surface area contributed by atoms with E-state index in [1.54, 1.807) is 0 Å². The molecule has 18 heavy (non-hydrogen) atoms. The van der Waals surface area contributed by atoms with Crippen LogP contribution in [0.3, 0.4) is 0 Å². The Morgan fingerprint density at radius 3 is 2.44 bits per heavy atom. The second-order valence-electron chi connectivity index (χ2n) is 4.24. The predicted octanol–water partition coefficient (Wildman–Crippen LogP) is 3.07. The first kappa shape index (κ1) is 13.5. The molecule has 0 spiro atoms. The number of hydrogen-bond donors (Lipinski definition) is 0. The van der Waals surface area contributed by atoms with Crippen molar-refractivity contribution in [3.8, 4) is 5.75 Å². The molecule has 1 saturated carbocycles. The van der Waals surface area contributed by atoms with Crippen LogP contribution in [-0.4, -0.2) is 15.0 Å². The van der Waals surface area contributed by atoms with Crippen molar-refractivity contribution in [3.05, 3.63) is 23.8 Å². The number of benzene rings is 1. The monoisotopic (exact) mass is 296 g/mol. The molecule has 0 unspecified atom stereocenters. The molecule has 0 N–H and O–H groups in total. The Balaban J connectivity index is 2.20. The van der Waals surface area contributed by atoms with Crippen LogP contribution in [0.5, 0.6) is 5.75 Å². The maximum atomic E-state index is 13.5. The van der Waals surface area contributed by atoms with E-state index in [9.17, 15) is 17.2 Å². The molecule has 0 bridgehead atoms. The average Bonchev–Trinajstić information content (AvgIpc) is 2.20. The van der Waals surface area contributed by atoms with Gasteiger partial charge in [0.25, 0.3) is 9.05 Å². The highest BCUT2D eigenvalue weighted by Crippen LogP contribution is 2.30. The van der Waals surface area contributed by atoms with E-state index in [1.165, 1.54) is 0 Å². The fourth-order valence-corrected chi connectivity index (χ4v) is 2.57. The summed E-state index contributed by atoms with van der Waals surface area (Å²) in [6.45, 7) is 0.309. The number of hydrogen-bond acceptors (Lipinski definition) is 3. The largest absolute Gasteiger partial charge is 0.490 e. The Kier molecular flexibility index (Phi) is 3.77. The van der Waals surface area contributed by atoms with Gasteiger partial charge < -0.3 is 4.74 Å². The maximum absolute atomic E-state index is 13.5. The van der Waals surface area contributed by atoms with Gasteiger partial charge in [-0.15, -0.1) is 0 Å². The highest BCUT2D eigenvalue weighted by atomic mass is 35.7. The minimum Gasteiger partial charge on any atom is -0.490 e. The van der Waals surface area contributed by atoms with Gasteiger partial charge in [-0.3, -0.25) is 0 Å². The molecule has 0 aromatic heterocycles. The van der Waals surface area contributed by atoms with Crippen molar-refractivity contribution in [2.75, 3.05) is 6.61 Å². The maximum Gasteiger partial charge on any atom is 0.264 e. The lowest BCUT2D eigenvalue weighted by Gasteiger charge is -2.25. The SMILES string of the molecule is O=S(=O)(Cl)c1ccc(OCC2CCC2)c(F)c1F. The van der Waals surface area contributed by atoms with Crippen LogP contribution in [0.15, 0.2) is 17.0 Å². The summed E-state index contributed by atoms with van der Waals surface area (Å²) in [7, 11) is 0.676. The minimum absolute atomic E-state index is 0.288. The molecule has 1 aromatic carbocycles. The molecule has 100 valence electrons. The van der Waals surface area contributed by atoms with Crippen LogP contribution in [0.4, 0.5) is 8.78 Å². The van der Waals surface area contributed by atoms with Crippen molar-refractivity contribution in [2.24, 2.45) is 5.92 Å². The van der Waals surface area contributed by atoms with Crippen LogP contribution in [0, 0.1) is 17.6 Å². The van der Waals surface area contributed by atoms with Crippen LogP contribution in [0.1, 0.15) is 19.3 Å². The molecular weight excluding hydrogens is 286 g/mol. The van der Waals surface area contributed by atoms with Crippen LogP contribution in [0.2, 0.25) is 0 Å². The molecule has 0 amide bonds. The summed E-state index contributed by atoms with van der Waals surface area (Å²) in [5.74, 6) is -2.75. The van der Waals surface area contributed by atoms with Crippen molar-refractivity contribution in [3.63, 3.8) is 0 Å². The average molecular weight is 297 g/mol. The number of halogens is 3. The van der Waals surface area contributed by atoms with Gasteiger partial charge in [0.15, 0.2) is 11.6 Å². The van der Waals surface area contributed by atoms with E-state index in [0.29, 0.717) is 12.5 Å². The molecule has 1 aliphatic carbocycles. The first-order chi connectivity index (χ1) is 8.39. The number of ether oxygens (including phenoxy) is 1. The van der Waals surface area contributed by atoms with Crippen molar-refractivity contribution in [1.29, 1.82) is 0 Å². The highest BCUT2D eigenvalue weighted by molar-refractivity contribution is 8.13. The summed E-state index contributed by atoms with van der Waals surface area (Å²) in [4.78, 5) is -0.877. The molecular formula is C11H11ClF2O3S. The molecule has 3 nitrogen and oxygen atoms in total. The predicted molar refractivity (Wildman–Crippen MR) is 62.2 cm³/mol. The van der Waals surface area contributed by atoms with Crippen molar-refractivity contribution in [2.45, 2.75) is 24.2 Å². The Morgan fingerprint density at radius 1 is 1.28 bits per heavy atom. The zero-order chi connectivity index (χ0) is 13.3. The Morgan fingerprint density at radius 2 is 1.94 bits per heavy atom. The third kappa shape index (κ3) is 2.75. The first-order valence-corrected chi connectivity index (χ1v) is 7.76. The van der Waals surface area contributed by atoms with Gasteiger partial charge in [-0.25, -0.2) is 12.8 Å². The van der Waals surface area contributed by atoms with Gasteiger partial charge in [-0.05, 0) is 30.9 Å². The van der Waals surface area contributed by atoms with Crippen LogP contribution in [0.25, 0.3) is 0 Å². The smallest absolute Gasteiger partial charge is 0.264 e. The fourth-order valence-electron chi connectivity index (χ4n) is 1.68. The van der Waals surface area contributed by atoms with E-state index >= 15 is 0 Å². The molecule has 1 aliphatic rings. The molecule has 0 heterocycles. The van der Waals surface area contributed by atoms with Gasteiger partial charge >= 0.3 is 0 Å². The summed E-state index contributed by atoms with van der Waals surface area (Å²) in [6.07, 6.45) is 3.14. The van der Waals surface area contributed by atoms with Crippen molar-refractivity contribution < 1.29 is 21.9 Å². The topological polar surface area (TPSA) is 43.4 Å². The normalized spacial score (nSPS) is 16.4. The van der Waals surface area contributed by atoms with E-state index in [0.717, 1.165) is 31.4 Å². The quantitative estimate of drug-likeness (QED) is 0.802. The number of rotatable bonds is 4. The lowest BCUT2D eigenvalue weighted by molar-refractivity contribution is 0.174. The van der Waals surface area contributed by atoms with Gasteiger partial charge in [0, 0.05) is 10.7 Å². The molecule has 0 radical (unpaired) electrons. The van der Waals surface area contributed by atoms with Gasteiger partial charge in [0.2, 0.25) is 5.82 Å². The molecule has 0 saturated heterocycles. The lowest BCUT2D eigenvalue weighted by Crippen LogP contribution is -2.19. The van der Waals surface area contributed by atoms with Gasteiger partial charge in [-0.2, -0.15) is 4.39 Å². The zero-order valence-corrected chi connectivity index (χ0v) is 10.9. The Labute approximate surface area is 108 Å². The third-order valence-electron chi connectivity index (χ3n) is 2.97. The van der Waals surface area contributed by atoms with E-state index in [2.05, 4.69) is 0 Å². The highest BCUT2D eigenvalue weighted by Gasteiger charge is 2.24.